The van der Waals surface area contributed by atoms with E-state index in [0.717, 1.165) is 5.56 Å². The maximum Gasteiger partial charge on any atom is 0.241 e. The lowest BCUT2D eigenvalue weighted by molar-refractivity contribution is -0.125. The number of nitrogens with one attached hydrogen (secondary N) is 2. The summed E-state index contributed by atoms with van der Waals surface area (Å²) in [6.45, 7) is 3.86. The number of amides is 1. The Bertz CT molecular complexity index is 715. The molecule has 0 saturated carbocycles. The first-order valence-electron chi connectivity index (χ1n) is 8.16. The Morgan fingerprint density at radius 1 is 1.24 bits per heavy atom. The molecule has 1 aromatic carbocycles. The van der Waals surface area contributed by atoms with Crippen LogP contribution in [-0.4, -0.2) is 50.8 Å². The first-order chi connectivity index (χ1) is 11.9. The topological polar surface area (TPSA) is 105 Å². The smallest absolute Gasteiger partial charge is 0.241 e. The zero-order valence-electron chi connectivity index (χ0n) is 14.3. The van der Waals surface area contributed by atoms with Crippen molar-refractivity contribution in [2.45, 2.75) is 43.4 Å². The van der Waals surface area contributed by atoms with E-state index < -0.39 is 28.3 Å². The number of aliphatic hydroxyl groups excluding tert-OH is 1. The van der Waals surface area contributed by atoms with Crippen molar-refractivity contribution in [1.29, 1.82) is 0 Å². The highest BCUT2D eigenvalue weighted by atomic mass is 32.2. The third-order valence-electron chi connectivity index (χ3n) is 3.85. The highest BCUT2D eigenvalue weighted by molar-refractivity contribution is 7.89. The first kappa shape index (κ1) is 19.6. The molecule has 0 saturated heterocycles. The molecule has 0 aliphatic carbocycles. The standard InChI is InChI=1S/C17H24N2O5S/c1-3-18-17(21)10-13-6-9-15(16(11-20)24-13)19-25(22,23)14-7-4-12(2)5-8-14/h4-9,13,15-16,19-20H,3,10-11H2,1-2H3,(H,18,21)/t13-,15-,16-/m1/s1. The van der Waals surface area contributed by atoms with Gasteiger partial charge in [-0.2, -0.15) is 0 Å². The van der Waals surface area contributed by atoms with Crippen LogP contribution in [0.2, 0.25) is 0 Å². The highest BCUT2D eigenvalue weighted by Crippen LogP contribution is 2.18. The van der Waals surface area contributed by atoms with Gasteiger partial charge in [0.15, 0.2) is 0 Å². The molecule has 0 unspecified atom stereocenters. The number of aryl methyl sites for hydroxylation is 1. The zero-order chi connectivity index (χ0) is 18.4. The second-order valence-electron chi connectivity index (χ2n) is 5.90. The van der Waals surface area contributed by atoms with Gasteiger partial charge in [-0.3, -0.25) is 4.79 Å². The summed E-state index contributed by atoms with van der Waals surface area (Å²) in [5, 5.41) is 12.2. The molecule has 1 aromatic rings. The molecule has 0 spiro atoms. The maximum absolute atomic E-state index is 12.5. The van der Waals surface area contributed by atoms with Crippen LogP contribution in [0.4, 0.5) is 0 Å². The molecular weight excluding hydrogens is 344 g/mol. The van der Waals surface area contributed by atoms with Crippen LogP contribution in [-0.2, 0) is 19.6 Å². The Morgan fingerprint density at radius 2 is 1.92 bits per heavy atom. The number of sulfonamides is 1. The van der Waals surface area contributed by atoms with Crippen molar-refractivity contribution in [1.82, 2.24) is 10.0 Å². The number of carbonyl (C=O) groups is 1. The molecule has 25 heavy (non-hydrogen) atoms. The molecule has 8 heteroatoms. The van der Waals surface area contributed by atoms with Crippen molar-refractivity contribution in [3.05, 3.63) is 42.0 Å². The Hall–Kier alpha value is -1.74. The third kappa shape index (κ3) is 5.37. The Balaban J connectivity index is 2.08. The van der Waals surface area contributed by atoms with Crippen LogP contribution in [0, 0.1) is 6.92 Å². The van der Waals surface area contributed by atoms with E-state index >= 15 is 0 Å². The molecular formula is C17H24N2O5S. The summed E-state index contributed by atoms with van der Waals surface area (Å²) in [6, 6.07) is 5.77. The molecule has 1 aliphatic heterocycles. The van der Waals surface area contributed by atoms with Gasteiger partial charge >= 0.3 is 0 Å². The van der Waals surface area contributed by atoms with Crippen molar-refractivity contribution in [2.75, 3.05) is 13.2 Å². The predicted molar refractivity (Wildman–Crippen MR) is 93.5 cm³/mol. The number of ether oxygens (including phenoxy) is 1. The lowest BCUT2D eigenvalue weighted by atomic mass is 10.1. The van der Waals surface area contributed by atoms with Crippen LogP contribution < -0.4 is 10.0 Å². The van der Waals surface area contributed by atoms with Gasteiger partial charge in [-0.15, -0.1) is 0 Å². The van der Waals surface area contributed by atoms with Crippen molar-refractivity contribution in [2.24, 2.45) is 0 Å². The van der Waals surface area contributed by atoms with Gasteiger partial charge in [0.1, 0.15) is 6.10 Å². The molecule has 3 N–H and O–H groups in total. The fraction of sp³-hybridized carbons (Fsp3) is 0.471. The molecule has 7 nitrogen and oxygen atoms in total. The summed E-state index contributed by atoms with van der Waals surface area (Å²) >= 11 is 0. The third-order valence-corrected chi connectivity index (χ3v) is 5.32. The number of hydrogen-bond acceptors (Lipinski definition) is 5. The molecule has 0 aromatic heterocycles. The average Bonchev–Trinajstić information content (AvgIpc) is 2.56. The van der Waals surface area contributed by atoms with Gasteiger partial charge in [0, 0.05) is 6.54 Å². The second kappa shape index (κ2) is 8.57. The maximum atomic E-state index is 12.5. The van der Waals surface area contributed by atoms with E-state index in [1.54, 1.807) is 24.3 Å². The molecule has 0 bridgehead atoms. The van der Waals surface area contributed by atoms with E-state index in [-0.39, 0.29) is 23.8 Å². The SMILES string of the molecule is CCNC(=O)C[C@H]1C=C[C@@H](NS(=O)(=O)c2ccc(C)cc2)[C@@H](CO)O1. The molecule has 3 atom stereocenters. The van der Waals surface area contributed by atoms with Gasteiger partial charge in [-0.1, -0.05) is 29.8 Å². The van der Waals surface area contributed by atoms with Crippen LogP contribution in [0.25, 0.3) is 0 Å². The average molecular weight is 368 g/mol. The molecule has 138 valence electrons. The number of rotatable bonds is 7. The minimum absolute atomic E-state index is 0.123. The molecule has 0 fully saturated rings. The monoisotopic (exact) mass is 368 g/mol. The van der Waals surface area contributed by atoms with E-state index in [9.17, 15) is 18.3 Å². The van der Waals surface area contributed by atoms with Crippen molar-refractivity contribution >= 4 is 15.9 Å². The highest BCUT2D eigenvalue weighted by Gasteiger charge is 2.31. The fourth-order valence-electron chi connectivity index (χ4n) is 2.53. The summed E-state index contributed by atoms with van der Waals surface area (Å²) in [5.74, 6) is -0.160. The van der Waals surface area contributed by atoms with Gasteiger partial charge < -0.3 is 15.2 Å². The summed E-state index contributed by atoms with van der Waals surface area (Å²) in [7, 11) is -3.74. The zero-order valence-corrected chi connectivity index (χ0v) is 15.1. The number of carbonyl (C=O) groups excluding carboxylic acids is 1. The summed E-state index contributed by atoms with van der Waals surface area (Å²) in [5.41, 5.74) is 0.960. The van der Waals surface area contributed by atoms with Gasteiger partial charge in [0.2, 0.25) is 15.9 Å². The van der Waals surface area contributed by atoms with Gasteiger partial charge in [-0.05, 0) is 26.0 Å². The lowest BCUT2D eigenvalue weighted by Gasteiger charge is -2.31. The van der Waals surface area contributed by atoms with Crippen molar-refractivity contribution in [3.8, 4) is 0 Å². The van der Waals surface area contributed by atoms with Crippen LogP contribution in [0.3, 0.4) is 0 Å². The number of benzene rings is 1. The van der Waals surface area contributed by atoms with Crippen molar-refractivity contribution in [3.63, 3.8) is 0 Å². The van der Waals surface area contributed by atoms with Gasteiger partial charge in [0.05, 0.1) is 30.1 Å². The molecule has 1 heterocycles. The minimum atomic E-state index is -3.74. The largest absolute Gasteiger partial charge is 0.394 e. The van der Waals surface area contributed by atoms with Crippen LogP contribution >= 0.6 is 0 Å². The predicted octanol–water partition coefficient (Wildman–Crippen LogP) is 0.484. The van der Waals surface area contributed by atoms with E-state index in [2.05, 4.69) is 10.0 Å². The Kier molecular flexibility index (Phi) is 6.71. The van der Waals surface area contributed by atoms with E-state index in [1.165, 1.54) is 12.1 Å². The normalized spacial score (nSPS) is 23.4. The summed E-state index contributed by atoms with van der Waals surface area (Å²) < 4.78 is 33.1. The Morgan fingerprint density at radius 3 is 2.52 bits per heavy atom. The Labute approximate surface area is 148 Å². The molecule has 1 aliphatic rings. The van der Waals surface area contributed by atoms with Crippen LogP contribution in [0.15, 0.2) is 41.3 Å². The van der Waals surface area contributed by atoms with E-state index in [0.29, 0.717) is 6.54 Å². The summed E-state index contributed by atoms with van der Waals surface area (Å²) in [4.78, 5) is 11.8. The lowest BCUT2D eigenvalue weighted by Crippen LogP contribution is -2.49. The molecule has 0 radical (unpaired) electrons. The van der Waals surface area contributed by atoms with E-state index in [4.69, 9.17) is 4.74 Å². The number of hydrogen-bond donors (Lipinski definition) is 3. The molecule has 1 amide bonds. The summed E-state index contributed by atoms with van der Waals surface area (Å²) in [6.07, 6.45) is 2.13. The molecule has 2 rings (SSSR count). The van der Waals surface area contributed by atoms with Crippen LogP contribution in [0.5, 0.6) is 0 Å². The minimum Gasteiger partial charge on any atom is -0.394 e. The number of aliphatic hydroxyl groups is 1. The van der Waals surface area contributed by atoms with E-state index in [1.807, 2.05) is 13.8 Å². The quantitative estimate of drug-likeness (QED) is 0.608. The fourth-order valence-corrected chi connectivity index (χ4v) is 3.75. The first-order valence-corrected chi connectivity index (χ1v) is 9.64. The van der Waals surface area contributed by atoms with Crippen molar-refractivity contribution < 1.29 is 23.1 Å². The van der Waals surface area contributed by atoms with Gasteiger partial charge in [-0.25, -0.2) is 13.1 Å². The van der Waals surface area contributed by atoms with Gasteiger partial charge in [0.25, 0.3) is 0 Å². The van der Waals surface area contributed by atoms with Crippen LogP contribution in [0.1, 0.15) is 18.9 Å². The second-order valence-corrected chi connectivity index (χ2v) is 7.61.